The van der Waals surface area contributed by atoms with Gasteiger partial charge in [0, 0.05) is 15.2 Å². The SMILES string of the molecule is Cc1ccc(NC(=O)c2nc(C(C)C)ncc2Cl)cc1I. The van der Waals surface area contributed by atoms with E-state index in [2.05, 4.69) is 37.9 Å². The highest BCUT2D eigenvalue weighted by atomic mass is 127. The van der Waals surface area contributed by atoms with Crippen molar-refractivity contribution in [3.8, 4) is 0 Å². The van der Waals surface area contributed by atoms with Crippen LogP contribution in [0.3, 0.4) is 0 Å². The van der Waals surface area contributed by atoms with Crippen LogP contribution in [0.4, 0.5) is 5.69 Å². The number of carbonyl (C=O) groups is 1. The van der Waals surface area contributed by atoms with E-state index in [4.69, 9.17) is 11.6 Å². The molecule has 0 unspecified atom stereocenters. The Hall–Kier alpha value is -1.21. The normalized spacial score (nSPS) is 10.8. The summed E-state index contributed by atoms with van der Waals surface area (Å²) in [7, 11) is 0. The highest BCUT2D eigenvalue weighted by Crippen LogP contribution is 2.20. The van der Waals surface area contributed by atoms with Gasteiger partial charge in [-0.25, -0.2) is 9.97 Å². The number of aromatic nitrogens is 2. The molecular formula is C15H15ClIN3O. The van der Waals surface area contributed by atoms with Crippen LogP contribution in [-0.4, -0.2) is 15.9 Å². The summed E-state index contributed by atoms with van der Waals surface area (Å²) < 4.78 is 1.09. The number of rotatable bonds is 3. The maximum atomic E-state index is 12.3. The number of anilines is 1. The van der Waals surface area contributed by atoms with Crippen molar-refractivity contribution in [2.75, 3.05) is 5.32 Å². The van der Waals surface area contributed by atoms with E-state index in [1.54, 1.807) is 0 Å². The molecule has 0 spiro atoms. The average Bonchev–Trinajstić information content (AvgIpc) is 2.43. The smallest absolute Gasteiger partial charge is 0.275 e. The molecule has 1 aromatic heterocycles. The van der Waals surface area contributed by atoms with Crippen LogP contribution in [0.25, 0.3) is 0 Å². The quantitative estimate of drug-likeness (QED) is 0.755. The molecule has 0 aliphatic carbocycles. The largest absolute Gasteiger partial charge is 0.321 e. The fraction of sp³-hybridized carbons (Fsp3) is 0.267. The van der Waals surface area contributed by atoms with Crippen LogP contribution < -0.4 is 5.32 Å². The van der Waals surface area contributed by atoms with Crippen LogP contribution in [0.1, 0.15) is 41.6 Å². The van der Waals surface area contributed by atoms with Gasteiger partial charge in [0.2, 0.25) is 0 Å². The van der Waals surface area contributed by atoms with Crippen molar-refractivity contribution in [2.24, 2.45) is 0 Å². The third kappa shape index (κ3) is 3.91. The summed E-state index contributed by atoms with van der Waals surface area (Å²) in [6.45, 7) is 5.95. The number of carbonyl (C=O) groups excluding carboxylic acids is 1. The summed E-state index contributed by atoms with van der Waals surface area (Å²) in [5.74, 6) is 0.404. The van der Waals surface area contributed by atoms with Crippen LogP contribution in [0.5, 0.6) is 0 Å². The highest BCUT2D eigenvalue weighted by molar-refractivity contribution is 14.1. The molecule has 0 saturated carbocycles. The van der Waals surface area contributed by atoms with Crippen molar-refractivity contribution in [2.45, 2.75) is 26.7 Å². The van der Waals surface area contributed by atoms with Gasteiger partial charge in [0.05, 0.1) is 11.2 Å². The van der Waals surface area contributed by atoms with Crippen molar-refractivity contribution >= 4 is 45.8 Å². The molecule has 6 heteroatoms. The van der Waals surface area contributed by atoms with Gasteiger partial charge in [-0.05, 0) is 47.2 Å². The predicted molar refractivity (Wildman–Crippen MR) is 93.0 cm³/mol. The van der Waals surface area contributed by atoms with E-state index < -0.39 is 0 Å². The lowest BCUT2D eigenvalue weighted by atomic mass is 10.2. The molecule has 0 aliphatic rings. The first-order chi connectivity index (χ1) is 9.88. The number of hydrogen-bond donors (Lipinski definition) is 1. The Labute approximate surface area is 142 Å². The molecule has 0 aliphatic heterocycles. The first-order valence-corrected chi connectivity index (χ1v) is 7.94. The number of aryl methyl sites for hydroxylation is 1. The molecule has 2 aromatic rings. The second kappa shape index (κ2) is 6.70. The summed E-state index contributed by atoms with van der Waals surface area (Å²) in [6.07, 6.45) is 1.47. The summed E-state index contributed by atoms with van der Waals surface area (Å²) in [5.41, 5.74) is 2.08. The molecule has 0 bridgehead atoms. The van der Waals surface area contributed by atoms with E-state index >= 15 is 0 Å². The molecule has 1 aromatic carbocycles. The topological polar surface area (TPSA) is 54.9 Å². The minimum Gasteiger partial charge on any atom is -0.321 e. The molecule has 110 valence electrons. The number of nitrogens with one attached hydrogen (secondary N) is 1. The number of halogens is 2. The van der Waals surface area contributed by atoms with Crippen molar-refractivity contribution in [1.82, 2.24) is 9.97 Å². The van der Waals surface area contributed by atoms with Gasteiger partial charge in [0.1, 0.15) is 5.82 Å². The Balaban J connectivity index is 2.27. The molecule has 0 fully saturated rings. The van der Waals surface area contributed by atoms with E-state index in [-0.39, 0.29) is 22.5 Å². The second-order valence-corrected chi connectivity index (χ2v) is 6.57. The molecule has 1 N–H and O–H groups in total. The summed E-state index contributed by atoms with van der Waals surface area (Å²) in [4.78, 5) is 20.7. The first-order valence-electron chi connectivity index (χ1n) is 6.48. The molecule has 0 saturated heterocycles. The van der Waals surface area contributed by atoms with Gasteiger partial charge in [0.25, 0.3) is 5.91 Å². The maximum absolute atomic E-state index is 12.3. The average molecular weight is 416 g/mol. The van der Waals surface area contributed by atoms with Crippen LogP contribution in [0.2, 0.25) is 5.02 Å². The Morgan fingerprint density at radius 3 is 2.71 bits per heavy atom. The van der Waals surface area contributed by atoms with Crippen LogP contribution in [-0.2, 0) is 0 Å². The molecule has 21 heavy (non-hydrogen) atoms. The minimum atomic E-state index is -0.330. The summed E-state index contributed by atoms with van der Waals surface area (Å²) >= 11 is 8.26. The van der Waals surface area contributed by atoms with Crippen molar-refractivity contribution in [1.29, 1.82) is 0 Å². The zero-order valence-electron chi connectivity index (χ0n) is 11.9. The molecule has 1 heterocycles. The standard InChI is InChI=1S/C15H15ClIN3O/c1-8(2)14-18-7-11(16)13(20-14)15(21)19-10-5-4-9(3)12(17)6-10/h4-8H,1-3H3,(H,19,21). The second-order valence-electron chi connectivity index (χ2n) is 5.00. The predicted octanol–water partition coefficient (Wildman–Crippen LogP) is 4.42. The Morgan fingerprint density at radius 1 is 1.38 bits per heavy atom. The molecule has 0 radical (unpaired) electrons. The zero-order valence-corrected chi connectivity index (χ0v) is 14.9. The van der Waals surface area contributed by atoms with Gasteiger partial charge in [-0.2, -0.15) is 0 Å². The van der Waals surface area contributed by atoms with Crippen LogP contribution >= 0.6 is 34.2 Å². The molecular weight excluding hydrogens is 401 g/mol. The number of benzene rings is 1. The molecule has 2 rings (SSSR count). The van der Waals surface area contributed by atoms with Gasteiger partial charge in [-0.1, -0.05) is 31.5 Å². The molecule has 0 atom stereocenters. The van der Waals surface area contributed by atoms with E-state index in [9.17, 15) is 4.79 Å². The van der Waals surface area contributed by atoms with E-state index in [1.165, 1.54) is 6.20 Å². The van der Waals surface area contributed by atoms with Gasteiger partial charge in [-0.3, -0.25) is 4.79 Å². The third-order valence-corrected chi connectivity index (χ3v) is 4.36. The number of hydrogen-bond acceptors (Lipinski definition) is 3. The fourth-order valence-corrected chi connectivity index (χ4v) is 2.37. The summed E-state index contributed by atoms with van der Waals surface area (Å²) in [5, 5.41) is 3.06. The lowest BCUT2D eigenvalue weighted by Gasteiger charge is -2.09. The molecule has 4 nitrogen and oxygen atoms in total. The Morgan fingerprint density at radius 2 is 2.10 bits per heavy atom. The van der Waals surface area contributed by atoms with Crippen molar-refractivity contribution < 1.29 is 4.79 Å². The third-order valence-electron chi connectivity index (χ3n) is 2.92. The molecule has 1 amide bonds. The van der Waals surface area contributed by atoms with E-state index in [0.717, 1.165) is 14.8 Å². The lowest BCUT2D eigenvalue weighted by Crippen LogP contribution is -2.16. The van der Waals surface area contributed by atoms with E-state index in [0.29, 0.717) is 5.82 Å². The van der Waals surface area contributed by atoms with Crippen molar-refractivity contribution in [3.05, 3.63) is 50.1 Å². The fourth-order valence-electron chi connectivity index (χ4n) is 1.68. The van der Waals surface area contributed by atoms with Crippen LogP contribution in [0, 0.1) is 10.5 Å². The number of nitrogens with zero attached hydrogens (tertiary/aromatic N) is 2. The number of amides is 1. The minimum absolute atomic E-state index is 0.133. The van der Waals surface area contributed by atoms with Crippen LogP contribution in [0.15, 0.2) is 24.4 Å². The zero-order chi connectivity index (χ0) is 15.6. The maximum Gasteiger partial charge on any atom is 0.275 e. The van der Waals surface area contributed by atoms with Crippen molar-refractivity contribution in [3.63, 3.8) is 0 Å². The van der Waals surface area contributed by atoms with E-state index in [1.807, 2.05) is 39.0 Å². The van der Waals surface area contributed by atoms with Gasteiger partial charge < -0.3 is 5.32 Å². The Kier molecular flexibility index (Phi) is 5.16. The Bertz CT molecular complexity index is 689. The van der Waals surface area contributed by atoms with Gasteiger partial charge in [0.15, 0.2) is 5.69 Å². The highest BCUT2D eigenvalue weighted by Gasteiger charge is 2.16. The lowest BCUT2D eigenvalue weighted by molar-refractivity contribution is 0.102. The summed E-state index contributed by atoms with van der Waals surface area (Å²) in [6, 6.07) is 5.72. The van der Waals surface area contributed by atoms with Gasteiger partial charge in [-0.15, -0.1) is 0 Å². The van der Waals surface area contributed by atoms with Gasteiger partial charge >= 0.3 is 0 Å². The first kappa shape index (κ1) is 16.2. The monoisotopic (exact) mass is 415 g/mol.